The van der Waals surface area contributed by atoms with Crippen LogP contribution in [0.2, 0.25) is 10.0 Å². The van der Waals surface area contributed by atoms with E-state index in [4.69, 9.17) is 28.3 Å². The predicted octanol–water partition coefficient (Wildman–Crippen LogP) is 2.25. The van der Waals surface area contributed by atoms with Crippen LogP contribution in [0.15, 0.2) is 29.5 Å². The molecular formula is C17H20Cl2N2O4. The minimum atomic E-state index is -0.743. The van der Waals surface area contributed by atoms with E-state index < -0.39 is 17.7 Å². The summed E-state index contributed by atoms with van der Waals surface area (Å²) in [4.78, 5) is 25.9. The zero-order chi connectivity index (χ0) is 18.6. The highest BCUT2D eigenvalue weighted by molar-refractivity contribution is 6.35. The topological polar surface area (TPSA) is 89.9 Å². The Balaban J connectivity index is 2.31. The number of hydrogen-bond donors (Lipinski definition) is 3. The zero-order valence-electron chi connectivity index (χ0n) is 13.8. The second-order valence-electron chi connectivity index (χ2n) is 5.71. The van der Waals surface area contributed by atoms with Gasteiger partial charge in [-0.3, -0.25) is 9.59 Å². The second kappa shape index (κ2) is 8.67. The number of amides is 1. The van der Waals surface area contributed by atoms with Crippen molar-refractivity contribution in [2.75, 3.05) is 26.2 Å². The fourth-order valence-electron chi connectivity index (χ4n) is 2.87. The Morgan fingerprint density at radius 3 is 2.64 bits per heavy atom. The highest BCUT2D eigenvalue weighted by atomic mass is 35.5. The summed E-state index contributed by atoms with van der Waals surface area (Å²) in [6.07, 6.45) is 0.589. The van der Waals surface area contributed by atoms with Crippen molar-refractivity contribution >= 4 is 34.9 Å². The molecule has 0 fully saturated rings. The molecular weight excluding hydrogens is 367 g/mol. The lowest BCUT2D eigenvalue weighted by Crippen LogP contribution is -2.34. The molecule has 1 heterocycles. The third-order valence-corrected chi connectivity index (χ3v) is 4.54. The molecule has 0 bridgehead atoms. The molecule has 1 amide bonds. The summed E-state index contributed by atoms with van der Waals surface area (Å²) >= 11 is 12.2. The van der Waals surface area contributed by atoms with E-state index in [0.717, 1.165) is 0 Å². The molecule has 2 rings (SSSR count). The van der Waals surface area contributed by atoms with Crippen molar-refractivity contribution in [3.8, 4) is 0 Å². The van der Waals surface area contributed by atoms with Crippen LogP contribution in [-0.4, -0.2) is 53.0 Å². The van der Waals surface area contributed by atoms with Crippen LogP contribution < -0.4 is 5.32 Å². The standard InChI is InChI=1S/C17H20Cl2N2O4/c1-10(23)14-15(12-4-3-11(18)9-13(12)19)21(17(25)16(14)24)7-2-5-20-6-8-22/h3-4,9,15,20,22,24H,2,5-8H2,1H3/t15-/m1/s1. The first-order valence-corrected chi connectivity index (χ1v) is 8.65. The Hall–Kier alpha value is -1.60. The van der Waals surface area contributed by atoms with Crippen LogP contribution in [0.5, 0.6) is 0 Å². The Morgan fingerprint density at radius 2 is 2.04 bits per heavy atom. The fraction of sp³-hybridized carbons (Fsp3) is 0.412. The summed E-state index contributed by atoms with van der Waals surface area (Å²) in [6, 6.07) is 4.08. The molecule has 1 aromatic carbocycles. The van der Waals surface area contributed by atoms with Gasteiger partial charge in [0, 0.05) is 23.1 Å². The molecule has 1 aromatic rings. The minimum absolute atomic E-state index is 0.0302. The summed E-state index contributed by atoms with van der Waals surface area (Å²) in [5.74, 6) is -1.52. The fourth-order valence-corrected chi connectivity index (χ4v) is 3.38. The van der Waals surface area contributed by atoms with Gasteiger partial charge in [-0.15, -0.1) is 0 Å². The molecule has 1 aliphatic rings. The highest BCUT2D eigenvalue weighted by Crippen LogP contribution is 2.41. The van der Waals surface area contributed by atoms with Crippen molar-refractivity contribution in [1.29, 1.82) is 0 Å². The molecule has 0 aliphatic carbocycles. The minimum Gasteiger partial charge on any atom is -0.503 e. The highest BCUT2D eigenvalue weighted by Gasteiger charge is 2.42. The first kappa shape index (κ1) is 19.7. The average molecular weight is 387 g/mol. The number of nitrogens with one attached hydrogen (secondary N) is 1. The molecule has 25 heavy (non-hydrogen) atoms. The number of carbonyl (C=O) groups is 2. The van der Waals surface area contributed by atoms with E-state index in [0.29, 0.717) is 41.7 Å². The number of benzene rings is 1. The molecule has 0 spiro atoms. The third kappa shape index (κ3) is 4.33. The van der Waals surface area contributed by atoms with Gasteiger partial charge in [-0.1, -0.05) is 29.3 Å². The lowest BCUT2D eigenvalue weighted by Gasteiger charge is -2.27. The summed E-state index contributed by atoms with van der Waals surface area (Å²) in [6.45, 7) is 2.70. The van der Waals surface area contributed by atoms with Gasteiger partial charge in [0.05, 0.1) is 18.2 Å². The molecule has 6 nitrogen and oxygen atoms in total. The number of aliphatic hydroxyl groups is 2. The SMILES string of the molecule is CC(=O)C1=C(O)C(=O)N(CCCNCCO)[C@@H]1c1ccc(Cl)cc1Cl. The van der Waals surface area contributed by atoms with E-state index >= 15 is 0 Å². The largest absolute Gasteiger partial charge is 0.503 e. The Kier molecular flexibility index (Phi) is 6.84. The van der Waals surface area contributed by atoms with Crippen LogP contribution in [0.1, 0.15) is 24.9 Å². The second-order valence-corrected chi connectivity index (χ2v) is 6.56. The number of aliphatic hydroxyl groups excluding tert-OH is 2. The van der Waals surface area contributed by atoms with E-state index in [1.165, 1.54) is 17.9 Å². The molecule has 8 heteroatoms. The number of Topliss-reactive ketones (excluding diaryl/α,β-unsaturated/α-hetero) is 1. The monoisotopic (exact) mass is 386 g/mol. The van der Waals surface area contributed by atoms with Gasteiger partial charge in [0.1, 0.15) is 0 Å². The number of hydrogen-bond acceptors (Lipinski definition) is 5. The maximum atomic E-state index is 12.4. The summed E-state index contributed by atoms with van der Waals surface area (Å²) in [7, 11) is 0. The molecule has 136 valence electrons. The van der Waals surface area contributed by atoms with Gasteiger partial charge in [-0.05, 0) is 37.6 Å². The Labute approximate surface area is 156 Å². The molecule has 1 atom stereocenters. The molecule has 0 aromatic heterocycles. The summed E-state index contributed by atoms with van der Waals surface area (Å²) in [5, 5.41) is 22.7. The number of ketones is 1. The first-order chi connectivity index (χ1) is 11.9. The van der Waals surface area contributed by atoms with Gasteiger partial charge < -0.3 is 20.4 Å². The molecule has 0 unspecified atom stereocenters. The van der Waals surface area contributed by atoms with Gasteiger partial charge in [0.25, 0.3) is 5.91 Å². The number of nitrogens with zero attached hydrogens (tertiary/aromatic N) is 1. The summed E-state index contributed by atoms with van der Waals surface area (Å²) in [5.41, 5.74) is 0.578. The van der Waals surface area contributed by atoms with Crippen LogP contribution >= 0.6 is 23.2 Å². The maximum Gasteiger partial charge on any atom is 0.290 e. The van der Waals surface area contributed by atoms with Gasteiger partial charge in [0.15, 0.2) is 11.5 Å². The van der Waals surface area contributed by atoms with Crippen LogP contribution in [0.4, 0.5) is 0 Å². The van der Waals surface area contributed by atoms with Gasteiger partial charge in [-0.25, -0.2) is 0 Å². The zero-order valence-corrected chi connectivity index (χ0v) is 15.3. The first-order valence-electron chi connectivity index (χ1n) is 7.90. The van der Waals surface area contributed by atoms with E-state index in [-0.39, 0.29) is 18.0 Å². The predicted molar refractivity (Wildman–Crippen MR) is 95.8 cm³/mol. The van der Waals surface area contributed by atoms with Crippen molar-refractivity contribution in [1.82, 2.24) is 10.2 Å². The van der Waals surface area contributed by atoms with Crippen LogP contribution in [-0.2, 0) is 9.59 Å². The molecule has 0 radical (unpaired) electrons. The van der Waals surface area contributed by atoms with E-state index in [1.807, 2.05) is 0 Å². The molecule has 0 saturated heterocycles. The lowest BCUT2D eigenvalue weighted by atomic mass is 9.96. The van der Waals surface area contributed by atoms with Crippen molar-refractivity contribution < 1.29 is 19.8 Å². The molecule has 0 saturated carbocycles. The third-order valence-electron chi connectivity index (χ3n) is 3.98. The van der Waals surface area contributed by atoms with Crippen molar-refractivity contribution in [3.05, 3.63) is 45.1 Å². The average Bonchev–Trinajstić information content (AvgIpc) is 2.79. The quantitative estimate of drug-likeness (QED) is 0.596. The number of carbonyl (C=O) groups excluding carboxylic acids is 2. The summed E-state index contributed by atoms with van der Waals surface area (Å²) < 4.78 is 0. The number of rotatable bonds is 8. The number of halogens is 2. The van der Waals surface area contributed by atoms with Crippen molar-refractivity contribution in [3.63, 3.8) is 0 Å². The molecule has 3 N–H and O–H groups in total. The maximum absolute atomic E-state index is 12.4. The van der Waals surface area contributed by atoms with E-state index in [1.54, 1.807) is 12.1 Å². The van der Waals surface area contributed by atoms with E-state index in [2.05, 4.69) is 5.32 Å². The Bertz CT molecular complexity index is 706. The van der Waals surface area contributed by atoms with Crippen LogP contribution in [0, 0.1) is 0 Å². The normalized spacial score (nSPS) is 17.5. The van der Waals surface area contributed by atoms with Crippen molar-refractivity contribution in [2.24, 2.45) is 0 Å². The van der Waals surface area contributed by atoms with Crippen LogP contribution in [0.3, 0.4) is 0 Å². The van der Waals surface area contributed by atoms with Gasteiger partial charge >= 0.3 is 0 Å². The Morgan fingerprint density at radius 1 is 1.32 bits per heavy atom. The lowest BCUT2D eigenvalue weighted by molar-refractivity contribution is -0.129. The van der Waals surface area contributed by atoms with Crippen molar-refractivity contribution in [2.45, 2.75) is 19.4 Å². The van der Waals surface area contributed by atoms with E-state index in [9.17, 15) is 14.7 Å². The van der Waals surface area contributed by atoms with Gasteiger partial charge in [0.2, 0.25) is 0 Å². The molecule has 1 aliphatic heterocycles. The van der Waals surface area contributed by atoms with Gasteiger partial charge in [-0.2, -0.15) is 0 Å². The van der Waals surface area contributed by atoms with Crippen LogP contribution in [0.25, 0.3) is 0 Å². The smallest absolute Gasteiger partial charge is 0.290 e.